The van der Waals surface area contributed by atoms with E-state index in [1.165, 1.54) is 35.6 Å². The van der Waals surface area contributed by atoms with Gasteiger partial charge < -0.3 is 5.32 Å². The molecular weight excluding hydrogens is 388 g/mol. The van der Waals surface area contributed by atoms with Gasteiger partial charge in [0.05, 0.1) is 10.5 Å². The lowest BCUT2D eigenvalue weighted by Gasteiger charge is -2.12. The van der Waals surface area contributed by atoms with Crippen molar-refractivity contribution in [1.82, 2.24) is 0 Å². The summed E-state index contributed by atoms with van der Waals surface area (Å²) in [5.41, 5.74) is 0.875. The molecule has 0 aliphatic heterocycles. The van der Waals surface area contributed by atoms with E-state index < -0.39 is 10.8 Å². The van der Waals surface area contributed by atoms with Gasteiger partial charge in [-0.3, -0.25) is 19.7 Å². The molecule has 0 atom stereocenters. The standard InChI is InChI=1S/C22H14N2O4S/c25-20-17-11-4-5-12-18(17)29-22(19(20)14-7-2-1-3-8-14)23-21(26)15-9-6-10-16(13-15)24(27)28/h1-13H,(H,23,26). The number of amides is 1. The maximum Gasteiger partial charge on any atom is 0.270 e. The number of fused-ring (bicyclic) bond motifs is 1. The summed E-state index contributed by atoms with van der Waals surface area (Å²) in [6, 6.07) is 21.8. The monoisotopic (exact) mass is 402 g/mol. The lowest BCUT2D eigenvalue weighted by atomic mass is 10.1. The topological polar surface area (TPSA) is 89.3 Å². The van der Waals surface area contributed by atoms with Crippen LogP contribution in [-0.4, -0.2) is 10.8 Å². The van der Waals surface area contributed by atoms with Crippen LogP contribution in [0, 0.1) is 10.1 Å². The molecule has 6 nitrogen and oxygen atoms in total. The van der Waals surface area contributed by atoms with Crippen LogP contribution in [0.1, 0.15) is 10.4 Å². The van der Waals surface area contributed by atoms with Crippen molar-refractivity contribution in [2.45, 2.75) is 0 Å². The molecule has 29 heavy (non-hydrogen) atoms. The number of anilines is 1. The van der Waals surface area contributed by atoms with Crippen molar-refractivity contribution in [3.8, 4) is 11.1 Å². The molecule has 0 fully saturated rings. The highest BCUT2D eigenvalue weighted by atomic mass is 32.1. The number of rotatable bonds is 4. The number of non-ortho nitro benzene ring substituents is 1. The summed E-state index contributed by atoms with van der Waals surface area (Å²) in [5.74, 6) is -0.517. The number of nitrogens with zero attached hydrogens (tertiary/aromatic N) is 1. The Morgan fingerprint density at radius 3 is 2.41 bits per heavy atom. The molecule has 4 rings (SSSR count). The number of nitrogens with one attached hydrogen (secondary N) is 1. The zero-order valence-electron chi connectivity index (χ0n) is 15.0. The average Bonchev–Trinajstić information content (AvgIpc) is 2.74. The molecule has 0 aliphatic carbocycles. The van der Waals surface area contributed by atoms with Crippen LogP contribution in [0.3, 0.4) is 0 Å². The van der Waals surface area contributed by atoms with E-state index >= 15 is 0 Å². The molecule has 1 heterocycles. The molecule has 0 radical (unpaired) electrons. The van der Waals surface area contributed by atoms with Crippen LogP contribution in [-0.2, 0) is 0 Å². The number of benzene rings is 3. The summed E-state index contributed by atoms with van der Waals surface area (Å²) in [5, 5.41) is 14.8. The summed E-state index contributed by atoms with van der Waals surface area (Å²) in [6.07, 6.45) is 0. The quantitative estimate of drug-likeness (QED) is 0.380. The largest absolute Gasteiger partial charge is 0.313 e. The number of nitro benzene ring substituents is 1. The maximum absolute atomic E-state index is 13.2. The molecule has 1 N–H and O–H groups in total. The summed E-state index contributed by atoms with van der Waals surface area (Å²) >= 11 is 1.29. The number of hydrogen-bond donors (Lipinski definition) is 1. The van der Waals surface area contributed by atoms with Gasteiger partial charge in [-0.25, -0.2) is 0 Å². The predicted octanol–water partition coefficient (Wildman–Crippen LogP) is 5.09. The van der Waals surface area contributed by atoms with Crippen LogP contribution in [0.4, 0.5) is 10.7 Å². The molecular formula is C22H14N2O4S. The second-order valence-electron chi connectivity index (χ2n) is 6.26. The Balaban J connectivity index is 1.85. The zero-order chi connectivity index (χ0) is 20.4. The fourth-order valence-electron chi connectivity index (χ4n) is 3.03. The molecule has 0 bridgehead atoms. The highest BCUT2D eigenvalue weighted by Crippen LogP contribution is 2.33. The molecule has 0 spiro atoms. The predicted molar refractivity (Wildman–Crippen MR) is 115 cm³/mol. The summed E-state index contributed by atoms with van der Waals surface area (Å²) in [7, 11) is 0. The second-order valence-corrected chi connectivity index (χ2v) is 7.31. The SMILES string of the molecule is O=C(Nc1sc2ccccc2c(=O)c1-c1ccccc1)c1cccc([N+](=O)[O-])c1. The number of hydrogen-bond acceptors (Lipinski definition) is 5. The smallest absolute Gasteiger partial charge is 0.270 e. The van der Waals surface area contributed by atoms with Crippen LogP contribution >= 0.6 is 11.3 Å². The fraction of sp³-hybridized carbons (Fsp3) is 0. The number of nitro groups is 1. The van der Waals surface area contributed by atoms with E-state index in [9.17, 15) is 19.7 Å². The lowest BCUT2D eigenvalue weighted by Crippen LogP contribution is -2.15. The summed E-state index contributed by atoms with van der Waals surface area (Å²) in [4.78, 5) is 36.4. The van der Waals surface area contributed by atoms with Crippen molar-refractivity contribution in [2.24, 2.45) is 0 Å². The first-order valence-electron chi connectivity index (χ1n) is 8.71. The third kappa shape index (κ3) is 3.63. The van der Waals surface area contributed by atoms with E-state index in [2.05, 4.69) is 5.32 Å². The molecule has 1 amide bonds. The molecule has 0 saturated heterocycles. The Labute approximate surface area is 169 Å². The average molecular weight is 402 g/mol. The minimum Gasteiger partial charge on any atom is -0.313 e. The van der Waals surface area contributed by atoms with Gasteiger partial charge in [-0.15, -0.1) is 11.3 Å². The summed E-state index contributed by atoms with van der Waals surface area (Å²) < 4.78 is 0.742. The molecule has 1 aromatic heterocycles. The first kappa shape index (κ1) is 18.5. The van der Waals surface area contributed by atoms with Gasteiger partial charge in [0.25, 0.3) is 11.6 Å². The summed E-state index contributed by atoms with van der Waals surface area (Å²) in [6.45, 7) is 0. The molecule has 3 aromatic carbocycles. The molecule has 0 unspecified atom stereocenters. The molecule has 4 aromatic rings. The van der Waals surface area contributed by atoms with Gasteiger partial charge in [-0.2, -0.15) is 0 Å². The van der Waals surface area contributed by atoms with Crippen LogP contribution in [0.25, 0.3) is 21.2 Å². The Morgan fingerprint density at radius 1 is 0.931 bits per heavy atom. The van der Waals surface area contributed by atoms with Gasteiger partial charge in [0, 0.05) is 27.8 Å². The van der Waals surface area contributed by atoms with Crippen molar-refractivity contribution < 1.29 is 9.72 Å². The number of carbonyl (C=O) groups is 1. The zero-order valence-corrected chi connectivity index (χ0v) is 15.8. The molecule has 142 valence electrons. The lowest BCUT2D eigenvalue weighted by molar-refractivity contribution is -0.384. The maximum atomic E-state index is 13.2. The van der Waals surface area contributed by atoms with Gasteiger partial charge >= 0.3 is 0 Å². The Bertz CT molecular complexity index is 1300. The van der Waals surface area contributed by atoms with E-state index in [0.29, 0.717) is 21.5 Å². The van der Waals surface area contributed by atoms with Crippen LogP contribution in [0.2, 0.25) is 0 Å². The van der Waals surface area contributed by atoms with Gasteiger partial charge in [0.15, 0.2) is 5.43 Å². The van der Waals surface area contributed by atoms with Crippen molar-refractivity contribution in [3.05, 3.63) is 105 Å². The number of carbonyl (C=O) groups excluding carboxylic acids is 1. The minimum absolute atomic E-state index is 0.144. The fourth-order valence-corrected chi connectivity index (χ4v) is 4.13. The first-order valence-corrected chi connectivity index (χ1v) is 9.53. The van der Waals surface area contributed by atoms with Crippen LogP contribution in [0.5, 0.6) is 0 Å². The van der Waals surface area contributed by atoms with Crippen molar-refractivity contribution >= 4 is 38.0 Å². The minimum atomic E-state index is -0.555. The van der Waals surface area contributed by atoms with Crippen LogP contribution < -0.4 is 10.7 Å². The second kappa shape index (κ2) is 7.65. The van der Waals surface area contributed by atoms with E-state index in [4.69, 9.17) is 0 Å². The van der Waals surface area contributed by atoms with Crippen molar-refractivity contribution in [1.29, 1.82) is 0 Å². The van der Waals surface area contributed by atoms with Gasteiger partial charge in [-0.1, -0.05) is 48.5 Å². The Morgan fingerprint density at radius 2 is 1.66 bits per heavy atom. The van der Waals surface area contributed by atoms with E-state index in [1.807, 2.05) is 30.3 Å². The Hall–Kier alpha value is -3.84. The van der Waals surface area contributed by atoms with E-state index in [1.54, 1.807) is 24.3 Å². The highest BCUT2D eigenvalue weighted by molar-refractivity contribution is 7.22. The molecule has 0 aliphatic rings. The first-order chi connectivity index (χ1) is 14.0. The van der Waals surface area contributed by atoms with Crippen molar-refractivity contribution in [3.63, 3.8) is 0 Å². The molecule has 7 heteroatoms. The van der Waals surface area contributed by atoms with E-state index in [-0.39, 0.29) is 16.7 Å². The van der Waals surface area contributed by atoms with Gasteiger partial charge in [-0.05, 0) is 23.8 Å². The van der Waals surface area contributed by atoms with Gasteiger partial charge in [0.1, 0.15) is 5.00 Å². The van der Waals surface area contributed by atoms with Crippen molar-refractivity contribution in [2.75, 3.05) is 5.32 Å². The highest BCUT2D eigenvalue weighted by Gasteiger charge is 2.18. The van der Waals surface area contributed by atoms with Gasteiger partial charge in [0.2, 0.25) is 0 Å². The molecule has 0 saturated carbocycles. The van der Waals surface area contributed by atoms with E-state index in [0.717, 1.165) is 4.70 Å². The third-order valence-electron chi connectivity index (χ3n) is 4.41. The Kier molecular flexibility index (Phi) is 4.88. The van der Waals surface area contributed by atoms with Crippen LogP contribution in [0.15, 0.2) is 83.7 Å². The third-order valence-corrected chi connectivity index (χ3v) is 5.49. The normalized spacial score (nSPS) is 10.6.